The van der Waals surface area contributed by atoms with Gasteiger partial charge in [0.25, 0.3) is 0 Å². The zero-order chi connectivity index (χ0) is 13.3. The van der Waals surface area contributed by atoms with E-state index in [2.05, 4.69) is 42.3 Å². The van der Waals surface area contributed by atoms with E-state index in [1.807, 2.05) is 0 Å². The molecule has 3 nitrogen and oxygen atoms in total. The Bertz CT molecular complexity index is 456. The molecule has 104 valence electrons. The van der Waals surface area contributed by atoms with Crippen LogP contribution in [0, 0.1) is 0 Å². The number of ether oxygens (including phenoxy) is 1. The average molecular weight is 260 g/mol. The molecule has 2 aliphatic rings. The molecule has 0 radical (unpaired) electrons. The lowest BCUT2D eigenvalue weighted by atomic mass is 9.98. The van der Waals surface area contributed by atoms with Crippen LogP contribution in [-0.4, -0.2) is 43.2 Å². The third-order valence-corrected chi connectivity index (χ3v) is 4.40. The first-order valence-electron chi connectivity index (χ1n) is 7.35. The molecule has 3 heteroatoms. The predicted octanol–water partition coefficient (Wildman–Crippen LogP) is 1.85. The van der Waals surface area contributed by atoms with E-state index in [0.29, 0.717) is 0 Å². The molecule has 0 saturated carbocycles. The molecule has 0 aromatic heterocycles. The number of hydrogen-bond donors (Lipinski definition) is 1. The van der Waals surface area contributed by atoms with Crippen LogP contribution in [-0.2, 0) is 12.8 Å². The molecule has 0 unspecified atom stereocenters. The largest absolute Gasteiger partial charge is 0.493 e. The minimum absolute atomic E-state index is 0.276. The van der Waals surface area contributed by atoms with Gasteiger partial charge in [-0.25, -0.2) is 0 Å². The molecule has 0 bridgehead atoms. The Morgan fingerprint density at radius 2 is 2.26 bits per heavy atom. The van der Waals surface area contributed by atoms with Gasteiger partial charge in [-0.15, -0.1) is 0 Å². The van der Waals surface area contributed by atoms with Crippen LogP contribution < -0.4 is 10.1 Å². The molecule has 2 heterocycles. The zero-order valence-corrected chi connectivity index (χ0v) is 12.0. The molecule has 1 fully saturated rings. The van der Waals surface area contributed by atoms with Crippen molar-refractivity contribution in [1.82, 2.24) is 10.2 Å². The van der Waals surface area contributed by atoms with Crippen LogP contribution in [0.15, 0.2) is 18.2 Å². The number of nitrogens with one attached hydrogen (secondary N) is 1. The average Bonchev–Trinajstić information content (AvgIpc) is 2.84. The topological polar surface area (TPSA) is 24.5 Å². The lowest BCUT2D eigenvalue weighted by Gasteiger charge is -2.43. The van der Waals surface area contributed by atoms with Crippen molar-refractivity contribution in [2.45, 2.75) is 32.2 Å². The molecule has 0 aliphatic carbocycles. The first kappa shape index (κ1) is 12.9. The fourth-order valence-corrected chi connectivity index (χ4v) is 3.10. The van der Waals surface area contributed by atoms with E-state index in [1.54, 1.807) is 0 Å². The molecule has 1 saturated heterocycles. The number of piperazine rings is 1. The summed E-state index contributed by atoms with van der Waals surface area (Å²) in [6.45, 7) is 10.0. The molecule has 1 aromatic carbocycles. The van der Waals surface area contributed by atoms with Gasteiger partial charge in [-0.2, -0.15) is 0 Å². The van der Waals surface area contributed by atoms with Gasteiger partial charge in [-0.3, -0.25) is 4.90 Å². The van der Waals surface area contributed by atoms with Crippen molar-refractivity contribution in [3.8, 4) is 5.75 Å². The van der Waals surface area contributed by atoms with E-state index in [-0.39, 0.29) is 5.54 Å². The van der Waals surface area contributed by atoms with E-state index in [9.17, 15) is 0 Å². The summed E-state index contributed by atoms with van der Waals surface area (Å²) in [7, 11) is 0. The molecule has 19 heavy (non-hydrogen) atoms. The van der Waals surface area contributed by atoms with Gasteiger partial charge in [0.05, 0.1) is 6.61 Å². The van der Waals surface area contributed by atoms with Gasteiger partial charge in [0.1, 0.15) is 5.75 Å². The van der Waals surface area contributed by atoms with Crippen LogP contribution in [0.25, 0.3) is 0 Å². The van der Waals surface area contributed by atoms with Crippen molar-refractivity contribution in [2.75, 3.05) is 32.8 Å². The van der Waals surface area contributed by atoms with Crippen molar-refractivity contribution < 1.29 is 4.74 Å². The van der Waals surface area contributed by atoms with Crippen molar-refractivity contribution in [3.63, 3.8) is 0 Å². The summed E-state index contributed by atoms with van der Waals surface area (Å²) in [6, 6.07) is 6.69. The van der Waals surface area contributed by atoms with Crippen molar-refractivity contribution in [2.24, 2.45) is 0 Å². The van der Waals surface area contributed by atoms with E-state index in [4.69, 9.17) is 4.74 Å². The number of fused-ring (bicyclic) bond motifs is 1. The van der Waals surface area contributed by atoms with Gasteiger partial charge >= 0.3 is 0 Å². The fraction of sp³-hybridized carbons (Fsp3) is 0.625. The number of rotatable bonds is 3. The van der Waals surface area contributed by atoms with E-state index in [1.165, 1.54) is 11.1 Å². The quantitative estimate of drug-likeness (QED) is 0.897. The minimum Gasteiger partial charge on any atom is -0.493 e. The summed E-state index contributed by atoms with van der Waals surface area (Å²) in [5.41, 5.74) is 3.11. The maximum Gasteiger partial charge on any atom is 0.122 e. The highest BCUT2D eigenvalue weighted by atomic mass is 16.5. The lowest BCUT2D eigenvalue weighted by Crippen LogP contribution is -2.58. The van der Waals surface area contributed by atoms with Crippen LogP contribution in [0.2, 0.25) is 0 Å². The zero-order valence-electron chi connectivity index (χ0n) is 12.0. The van der Waals surface area contributed by atoms with Gasteiger partial charge in [-0.05, 0) is 37.5 Å². The van der Waals surface area contributed by atoms with Gasteiger partial charge in [0.15, 0.2) is 0 Å². The smallest absolute Gasteiger partial charge is 0.122 e. The van der Waals surface area contributed by atoms with E-state index in [0.717, 1.165) is 51.4 Å². The van der Waals surface area contributed by atoms with E-state index >= 15 is 0 Å². The standard InChI is InChI=1S/C16H24N2O/c1-16(2)12-17-7-9-18(16)8-5-13-3-4-15-14(11-13)6-10-19-15/h3-4,11,17H,5-10,12H2,1-2H3. The van der Waals surface area contributed by atoms with Crippen molar-refractivity contribution in [3.05, 3.63) is 29.3 Å². The molecule has 0 amide bonds. The van der Waals surface area contributed by atoms with Crippen molar-refractivity contribution in [1.29, 1.82) is 0 Å². The molecule has 0 spiro atoms. The highest BCUT2D eigenvalue weighted by Crippen LogP contribution is 2.26. The van der Waals surface area contributed by atoms with E-state index < -0.39 is 0 Å². The second kappa shape index (κ2) is 5.14. The Kier molecular flexibility index (Phi) is 3.50. The monoisotopic (exact) mass is 260 g/mol. The SMILES string of the molecule is CC1(C)CNCCN1CCc1ccc2c(c1)CCO2. The molecule has 3 rings (SSSR count). The van der Waals surface area contributed by atoms with Crippen LogP contribution in [0.3, 0.4) is 0 Å². The summed E-state index contributed by atoms with van der Waals surface area (Å²) in [5.74, 6) is 1.09. The third-order valence-electron chi connectivity index (χ3n) is 4.40. The molecule has 0 atom stereocenters. The number of hydrogen-bond acceptors (Lipinski definition) is 3. The normalized spacial score (nSPS) is 22.0. The maximum absolute atomic E-state index is 5.56. The Balaban J connectivity index is 1.62. The second-order valence-corrected chi connectivity index (χ2v) is 6.27. The van der Waals surface area contributed by atoms with Gasteiger partial charge in [0.2, 0.25) is 0 Å². The third kappa shape index (κ3) is 2.77. The van der Waals surface area contributed by atoms with Gasteiger partial charge in [0, 0.05) is 38.1 Å². The van der Waals surface area contributed by atoms with Crippen LogP contribution in [0.1, 0.15) is 25.0 Å². The maximum atomic E-state index is 5.56. The van der Waals surface area contributed by atoms with Crippen molar-refractivity contribution >= 4 is 0 Å². The highest BCUT2D eigenvalue weighted by Gasteiger charge is 2.28. The Morgan fingerprint density at radius 3 is 3.11 bits per heavy atom. The highest BCUT2D eigenvalue weighted by molar-refractivity contribution is 5.39. The van der Waals surface area contributed by atoms with Crippen LogP contribution >= 0.6 is 0 Å². The number of benzene rings is 1. The number of nitrogens with zero attached hydrogens (tertiary/aromatic N) is 1. The summed E-state index contributed by atoms with van der Waals surface area (Å²) in [6.07, 6.45) is 2.21. The fourth-order valence-electron chi connectivity index (χ4n) is 3.10. The first-order valence-corrected chi connectivity index (χ1v) is 7.35. The van der Waals surface area contributed by atoms with Gasteiger partial charge < -0.3 is 10.1 Å². The Hall–Kier alpha value is -1.06. The van der Waals surface area contributed by atoms with Gasteiger partial charge in [-0.1, -0.05) is 12.1 Å². The first-order chi connectivity index (χ1) is 9.15. The van der Waals surface area contributed by atoms with Crippen LogP contribution in [0.5, 0.6) is 5.75 Å². The molecule has 1 aromatic rings. The molecule has 1 N–H and O–H groups in total. The summed E-state index contributed by atoms with van der Waals surface area (Å²) >= 11 is 0. The molecule has 2 aliphatic heterocycles. The Morgan fingerprint density at radius 1 is 1.37 bits per heavy atom. The van der Waals surface area contributed by atoms with Crippen LogP contribution in [0.4, 0.5) is 0 Å². The second-order valence-electron chi connectivity index (χ2n) is 6.27. The molecular formula is C16H24N2O. The Labute approximate surface area is 115 Å². The predicted molar refractivity (Wildman–Crippen MR) is 77.9 cm³/mol. The molecular weight excluding hydrogens is 236 g/mol. The lowest BCUT2D eigenvalue weighted by molar-refractivity contribution is 0.0921. The summed E-state index contributed by atoms with van der Waals surface area (Å²) < 4.78 is 5.56. The summed E-state index contributed by atoms with van der Waals surface area (Å²) in [4.78, 5) is 2.60. The minimum atomic E-state index is 0.276. The summed E-state index contributed by atoms with van der Waals surface area (Å²) in [5, 5.41) is 3.48.